The average Bonchev–Trinajstić information content (AvgIpc) is 2.41. The number of rotatable bonds is 0. The summed E-state index contributed by atoms with van der Waals surface area (Å²) in [5.41, 5.74) is 0.837. The van der Waals surface area contributed by atoms with E-state index >= 15 is 0 Å². The number of carbonyl (C=O) groups is 2. The van der Waals surface area contributed by atoms with Gasteiger partial charge in [-0.15, -0.1) is 0 Å². The smallest absolute Gasteiger partial charge is 0.201 e. The first-order chi connectivity index (χ1) is 9.41. The van der Waals surface area contributed by atoms with Crippen molar-refractivity contribution in [3.63, 3.8) is 0 Å². The normalized spacial score (nSPS) is 13.1. The highest BCUT2D eigenvalue weighted by molar-refractivity contribution is 6.29. The van der Waals surface area contributed by atoms with Gasteiger partial charge in [-0.25, -0.2) is 0 Å². The van der Waals surface area contributed by atoms with E-state index in [1.54, 1.807) is 19.1 Å². The van der Waals surface area contributed by atoms with E-state index < -0.39 is 28.8 Å². The topological polar surface area (TPSA) is 94.8 Å². The molecule has 5 nitrogen and oxygen atoms in total. The van der Waals surface area contributed by atoms with Crippen LogP contribution in [0.1, 0.15) is 37.4 Å². The summed E-state index contributed by atoms with van der Waals surface area (Å²) in [6.07, 6.45) is 0. The molecule has 1 aliphatic rings. The molecule has 1 aliphatic carbocycles. The summed E-state index contributed by atoms with van der Waals surface area (Å²) in [5, 5.41) is 28.8. The van der Waals surface area contributed by atoms with Crippen LogP contribution in [0.15, 0.2) is 24.3 Å². The zero-order valence-electron chi connectivity index (χ0n) is 10.5. The van der Waals surface area contributed by atoms with E-state index in [4.69, 9.17) is 0 Å². The van der Waals surface area contributed by atoms with Gasteiger partial charge in [-0.1, -0.05) is 17.7 Å². The number of hydrogen-bond donors (Lipinski definition) is 3. The first kappa shape index (κ1) is 12.2. The Bertz CT molecular complexity index is 789. The van der Waals surface area contributed by atoms with Crippen molar-refractivity contribution < 1.29 is 24.9 Å². The molecule has 0 saturated carbocycles. The van der Waals surface area contributed by atoms with Crippen LogP contribution in [0.2, 0.25) is 0 Å². The number of ketones is 2. The van der Waals surface area contributed by atoms with Crippen molar-refractivity contribution in [3.8, 4) is 17.2 Å². The number of benzene rings is 2. The third-order valence-corrected chi connectivity index (χ3v) is 3.39. The minimum absolute atomic E-state index is 0.110. The summed E-state index contributed by atoms with van der Waals surface area (Å²) in [7, 11) is 0. The largest absolute Gasteiger partial charge is 0.504 e. The molecule has 2 aromatic carbocycles. The van der Waals surface area contributed by atoms with E-state index in [-0.39, 0.29) is 22.3 Å². The van der Waals surface area contributed by atoms with E-state index in [2.05, 4.69) is 0 Å². The fourth-order valence-electron chi connectivity index (χ4n) is 2.38. The minimum Gasteiger partial charge on any atom is -0.504 e. The van der Waals surface area contributed by atoms with Gasteiger partial charge in [-0.2, -0.15) is 0 Å². The number of aryl methyl sites for hydroxylation is 1. The lowest BCUT2D eigenvalue weighted by Gasteiger charge is -2.19. The summed E-state index contributed by atoms with van der Waals surface area (Å²) in [4.78, 5) is 24.7. The van der Waals surface area contributed by atoms with Crippen molar-refractivity contribution in [1.82, 2.24) is 0 Å². The second-order valence-corrected chi connectivity index (χ2v) is 4.72. The van der Waals surface area contributed by atoms with Crippen LogP contribution in [0.25, 0.3) is 0 Å². The van der Waals surface area contributed by atoms with Crippen LogP contribution in [0, 0.1) is 6.92 Å². The molecule has 0 spiro atoms. The predicted octanol–water partition coefficient (Wildman–Crippen LogP) is 1.89. The average molecular weight is 270 g/mol. The van der Waals surface area contributed by atoms with Gasteiger partial charge < -0.3 is 15.3 Å². The molecule has 0 atom stereocenters. The number of fused-ring (bicyclic) bond motifs is 2. The Morgan fingerprint density at radius 2 is 1.50 bits per heavy atom. The first-order valence-corrected chi connectivity index (χ1v) is 5.89. The van der Waals surface area contributed by atoms with Gasteiger partial charge >= 0.3 is 0 Å². The van der Waals surface area contributed by atoms with E-state index in [0.29, 0.717) is 0 Å². The van der Waals surface area contributed by atoms with Crippen LogP contribution in [-0.2, 0) is 0 Å². The molecule has 0 bridgehead atoms. The Hall–Kier alpha value is -2.82. The van der Waals surface area contributed by atoms with Gasteiger partial charge in [0.25, 0.3) is 0 Å². The van der Waals surface area contributed by atoms with Gasteiger partial charge in [0.05, 0.1) is 5.56 Å². The molecule has 0 radical (unpaired) electrons. The van der Waals surface area contributed by atoms with Crippen molar-refractivity contribution >= 4 is 11.6 Å². The number of carbonyl (C=O) groups excluding carboxylic acids is 2. The number of hydrogen-bond acceptors (Lipinski definition) is 5. The van der Waals surface area contributed by atoms with Gasteiger partial charge in [-0.3, -0.25) is 9.59 Å². The van der Waals surface area contributed by atoms with Gasteiger partial charge in [-0.05, 0) is 19.1 Å². The SMILES string of the molecule is Cc1ccc2c(c1)C(=O)c1cc(O)c(O)c(O)c1C2=O. The molecule has 100 valence electrons. The van der Waals surface area contributed by atoms with Gasteiger partial charge in [0.1, 0.15) is 0 Å². The fraction of sp³-hybridized carbons (Fsp3) is 0.0667. The molecule has 0 amide bonds. The Kier molecular flexibility index (Phi) is 2.34. The van der Waals surface area contributed by atoms with Crippen LogP contribution in [0.3, 0.4) is 0 Å². The summed E-state index contributed by atoms with van der Waals surface area (Å²) in [5.74, 6) is -3.24. The third kappa shape index (κ3) is 1.43. The maximum absolute atomic E-state index is 12.4. The van der Waals surface area contributed by atoms with Crippen molar-refractivity contribution in [2.45, 2.75) is 6.92 Å². The van der Waals surface area contributed by atoms with Gasteiger partial charge in [0, 0.05) is 16.7 Å². The maximum atomic E-state index is 12.4. The second-order valence-electron chi connectivity index (χ2n) is 4.72. The lowest BCUT2D eigenvalue weighted by atomic mass is 9.82. The zero-order valence-corrected chi connectivity index (χ0v) is 10.5. The molecule has 3 rings (SSSR count). The van der Waals surface area contributed by atoms with E-state index in [9.17, 15) is 24.9 Å². The molecule has 0 fully saturated rings. The molecule has 0 heterocycles. The molecule has 0 saturated heterocycles. The lowest BCUT2D eigenvalue weighted by molar-refractivity contribution is 0.0975. The van der Waals surface area contributed by atoms with Crippen LogP contribution < -0.4 is 0 Å². The number of aromatic hydroxyl groups is 3. The molecular formula is C15H10O5. The molecular weight excluding hydrogens is 260 g/mol. The quantitative estimate of drug-likeness (QED) is 0.542. The Labute approximate surface area is 113 Å². The van der Waals surface area contributed by atoms with E-state index in [0.717, 1.165) is 11.6 Å². The molecule has 20 heavy (non-hydrogen) atoms. The standard InChI is InChI=1S/C15H10O5/c1-6-2-3-7-8(4-6)12(17)9-5-10(16)14(19)15(20)11(9)13(7)18/h2-5,16,19-20H,1H3. The Morgan fingerprint density at radius 3 is 2.20 bits per heavy atom. The fourth-order valence-corrected chi connectivity index (χ4v) is 2.38. The summed E-state index contributed by atoms with van der Waals surface area (Å²) >= 11 is 0. The highest BCUT2D eigenvalue weighted by Gasteiger charge is 2.34. The van der Waals surface area contributed by atoms with Crippen molar-refractivity contribution in [2.75, 3.05) is 0 Å². The van der Waals surface area contributed by atoms with Crippen LogP contribution in [0.4, 0.5) is 0 Å². The minimum atomic E-state index is -0.805. The molecule has 5 heteroatoms. The van der Waals surface area contributed by atoms with Crippen molar-refractivity contribution in [2.24, 2.45) is 0 Å². The van der Waals surface area contributed by atoms with Gasteiger partial charge in [0.2, 0.25) is 5.75 Å². The maximum Gasteiger partial charge on any atom is 0.201 e. The second kappa shape index (κ2) is 3.84. The molecule has 0 aromatic heterocycles. The van der Waals surface area contributed by atoms with Crippen LogP contribution in [-0.4, -0.2) is 26.9 Å². The molecule has 3 N–H and O–H groups in total. The summed E-state index contributed by atoms with van der Waals surface area (Å²) in [6.45, 7) is 1.79. The van der Waals surface area contributed by atoms with E-state index in [1.807, 2.05) is 0 Å². The third-order valence-electron chi connectivity index (χ3n) is 3.39. The molecule has 0 unspecified atom stereocenters. The highest BCUT2D eigenvalue weighted by atomic mass is 16.3. The molecule has 2 aromatic rings. The van der Waals surface area contributed by atoms with Crippen LogP contribution in [0.5, 0.6) is 17.2 Å². The van der Waals surface area contributed by atoms with E-state index in [1.165, 1.54) is 6.07 Å². The monoisotopic (exact) mass is 270 g/mol. The highest BCUT2D eigenvalue weighted by Crippen LogP contribution is 2.43. The summed E-state index contributed by atoms with van der Waals surface area (Å²) in [6, 6.07) is 5.78. The van der Waals surface area contributed by atoms with Gasteiger partial charge in [0.15, 0.2) is 23.1 Å². The zero-order chi connectivity index (χ0) is 14.6. The molecule has 0 aliphatic heterocycles. The van der Waals surface area contributed by atoms with Crippen LogP contribution >= 0.6 is 0 Å². The Morgan fingerprint density at radius 1 is 0.800 bits per heavy atom. The van der Waals surface area contributed by atoms with Crippen molar-refractivity contribution in [3.05, 3.63) is 52.1 Å². The Balaban J connectivity index is 2.38. The number of phenolic OH excluding ortho intramolecular Hbond substituents is 3. The first-order valence-electron chi connectivity index (χ1n) is 5.89. The van der Waals surface area contributed by atoms with Crippen molar-refractivity contribution in [1.29, 1.82) is 0 Å². The lowest BCUT2D eigenvalue weighted by Crippen LogP contribution is -2.21. The predicted molar refractivity (Wildman–Crippen MR) is 69.5 cm³/mol. The summed E-state index contributed by atoms with van der Waals surface area (Å²) < 4.78 is 0. The number of phenols is 3.